The van der Waals surface area contributed by atoms with Crippen molar-refractivity contribution in [3.63, 3.8) is 0 Å². The summed E-state index contributed by atoms with van der Waals surface area (Å²) in [5.74, 6) is -0.390. The van der Waals surface area contributed by atoms with Gasteiger partial charge in [0.2, 0.25) is 5.91 Å². The van der Waals surface area contributed by atoms with Crippen molar-refractivity contribution >= 4 is 57.6 Å². The summed E-state index contributed by atoms with van der Waals surface area (Å²) in [6.07, 6.45) is 1.64. The van der Waals surface area contributed by atoms with Gasteiger partial charge in [-0.3, -0.25) is 24.6 Å². The van der Waals surface area contributed by atoms with Crippen LogP contribution in [-0.4, -0.2) is 44.7 Å². The fourth-order valence-electron chi connectivity index (χ4n) is 2.73. The van der Waals surface area contributed by atoms with Crippen molar-refractivity contribution < 1.29 is 24.4 Å². The van der Waals surface area contributed by atoms with Crippen LogP contribution >= 0.6 is 24.0 Å². The minimum absolute atomic E-state index is 0.00371. The number of nitrogens with one attached hydrogen (secondary N) is 1. The molecule has 1 fully saturated rings. The molecular formula is C20H17N3O6S2. The van der Waals surface area contributed by atoms with Gasteiger partial charge in [-0.25, -0.2) is 0 Å². The molecule has 2 N–H and O–H groups in total. The van der Waals surface area contributed by atoms with E-state index in [0.717, 1.165) is 11.8 Å². The Bertz CT molecular complexity index is 1080. The third-order valence-corrected chi connectivity index (χ3v) is 5.68. The van der Waals surface area contributed by atoms with Gasteiger partial charge in [-0.15, -0.1) is 0 Å². The third-order valence-electron chi connectivity index (χ3n) is 4.30. The average Bonchev–Trinajstić information content (AvgIpc) is 3.00. The van der Waals surface area contributed by atoms with Gasteiger partial charge in [0.25, 0.3) is 11.6 Å². The van der Waals surface area contributed by atoms with E-state index in [1.807, 2.05) is 0 Å². The summed E-state index contributed by atoms with van der Waals surface area (Å²) in [7, 11) is 1.43. The number of non-ortho nitro benzene ring substituents is 1. The zero-order chi connectivity index (χ0) is 22.5. The highest BCUT2D eigenvalue weighted by atomic mass is 32.2. The van der Waals surface area contributed by atoms with Crippen molar-refractivity contribution in [3.8, 4) is 11.5 Å². The molecule has 0 atom stereocenters. The van der Waals surface area contributed by atoms with E-state index in [4.69, 9.17) is 17.0 Å². The SMILES string of the molecule is COc1cc(/C=C2\SC(=S)N(CCC(=O)Nc3ccc([N+](=O)[O-])cc3)C2=O)ccc1O. The fraction of sp³-hybridized carbons (Fsp3) is 0.150. The number of hydrogen-bond acceptors (Lipinski definition) is 8. The van der Waals surface area contributed by atoms with Crippen LogP contribution in [-0.2, 0) is 9.59 Å². The number of thiocarbonyl (C=S) groups is 1. The van der Waals surface area contributed by atoms with Crippen LogP contribution in [0.15, 0.2) is 47.4 Å². The number of ether oxygens (including phenoxy) is 1. The Morgan fingerprint density at radius 3 is 2.68 bits per heavy atom. The van der Waals surface area contributed by atoms with E-state index >= 15 is 0 Å². The van der Waals surface area contributed by atoms with Crippen molar-refractivity contribution in [2.45, 2.75) is 6.42 Å². The highest BCUT2D eigenvalue weighted by molar-refractivity contribution is 8.26. The maximum absolute atomic E-state index is 12.7. The van der Waals surface area contributed by atoms with E-state index in [0.29, 0.717) is 20.5 Å². The van der Waals surface area contributed by atoms with E-state index in [-0.39, 0.29) is 42.0 Å². The maximum Gasteiger partial charge on any atom is 0.269 e. The molecule has 0 aliphatic carbocycles. The number of aromatic hydroxyl groups is 1. The Morgan fingerprint density at radius 2 is 2.03 bits per heavy atom. The van der Waals surface area contributed by atoms with Gasteiger partial charge in [-0.2, -0.15) is 0 Å². The maximum atomic E-state index is 12.7. The average molecular weight is 460 g/mol. The number of phenols is 1. The summed E-state index contributed by atoms with van der Waals surface area (Å²) < 4.78 is 5.40. The molecule has 1 saturated heterocycles. The van der Waals surface area contributed by atoms with Gasteiger partial charge < -0.3 is 15.2 Å². The quantitative estimate of drug-likeness (QED) is 0.279. The zero-order valence-corrected chi connectivity index (χ0v) is 17.9. The summed E-state index contributed by atoms with van der Waals surface area (Å²) in [6.45, 7) is 0.0969. The van der Waals surface area contributed by atoms with E-state index in [1.54, 1.807) is 18.2 Å². The van der Waals surface area contributed by atoms with Gasteiger partial charge in [0.1, 0.15) is 4.32 Å². The molecule has 3 rings (SSSR count). The highest BCUT2D eigenvalue weighted by Crippen LogP contribution is 2.34. The fourth-order valence-corrected chi connectivity index (χ4v) is 4.04. The van der Waals surface area contributed by atoms with Crippen LogP contribution in [0.4, 0.5) is 11.4 Å². The van der Waals surface area contributed by atoms with Crippen LogP contribution in [0.5, 0.6) is 11.5 Å². The summed E-state index contributed by atoms with van der Waals surface area (Å²) in [5, 5.41) is 23.0. The van der Waals surface area contributed by atoms with Gasteiger partial charge in [-0.05, 0) is 35.9 Å². The molecule has 11 heteroatoms. The molecule has 0 spiro atoms. The van der Waals surface area contributed by atoms with Crippen LogP contribution in [0.3, 0.4) is 0 Å². The Morgan fingerprint density at radius 1 is 1.32 bits per heavy atom. The van der Waals surface area contributed by atoms with Crippen molar-refractivity contribution in [2.24, 2.45) is 0 Å². The number of carbonyl (C=O) groups excluding carboxylic acids is 2. The number of nitro benzene ring substituents is 1. The third kappa shape index (κ3) is 5.38. The first-order chi connectivity index (χ1) is 14.8. The molecule has 31 heavy (non-hydrogen) atoms. The number of thioether (sulfide) groups is 1. The number of nitrogens with zero attached hydrogens (tertiary/aromatic N) is 2. The second-order valence-corrected chi connectivity index (χ2v) is 8.04. The van der Waals surface area contributed by atoms with Gasteiger partial charge >= 0.3 is 0 Å². The Balaban J connectivity index is 1.61. The van der Waals surface area contributed by atoms with Gasteiger partial charge in [0.05, 0.1) is 16.9 Å². The first kappa shape index (κ1) is 22.2. The highest BCUT2D eigenvalue weighted by Gasteiger charge is 2.32. The van der Waals surface area contributed by atoms with Crippen LogP contribution in [0.2, 0.25) is 0 Å². The molecule has 1 aliphatic heterocycles. The van der Waals surface area contributed by atoms with E-state index in [9.17, 15) is 24.8 Å². The molecule has 2 aromatic rings. The zero-order valence-electron chi connectivity index (χ0n) is 16.2. The lowest BCUT2D eigenvalue weighted by Crippen LogP contribution is -2.31. The number of anilines is 1. The minimum Gasteiger partial charge on any atom is -0.504 e. The Hall–Kier alpha value is -3.44. The molecule has 2 aromatic carbocycles. The van der Waals surface area contributed by atoms with Crippen LogP contribution in [0.1, 0.15) is 12.0 Å². The topological polar surface area (TPSA) is 122 Å². The Labute approximate surface area is 186 Å². The van der Waals surface area contributed by atoms with Gasteiger partial charge in [-0.1, -0.05) is 30.0 Å². The summed E-state index contributed by atoms with van der Waals surface area (Å²) in [5.41, 5.74) is 1.00. The number of benzene rings is 2. The van der Waals surface area contributed by atoms with E-state index in [2.05, 4.69) is 5.32 Å². The number of carbonyl (C=O) groups is 2. The summed E-state index contributed by atoms with van der Waals surface area (Å²) in [6, 6.07) is 10.2. The number of methoxy groups -OCH3 is 1. The molecule has 0 radical (unpaired) electrons. The van der Waals surface area contributed by atoms with Crippen LogP contribution < -0.4 is 10.1 Å². The van der Waals surface area contributed by atoms with Crippen molar-refractivity contribution in [1.29, 1.82) is 0 Å². The molecule has 0 aromatic heterocycles. The number of phenolic OH excluding ortho intramolecular Hbond substituents is 1. The smallest absolute Gasteiger partial charge is 0.269 e. The molecular weight excluding hydrogens is 442 g/mol. The lowest BCUT2D eigenvalue weighted by Gasteiger charge is -2.14. The molecule has 1 aliphatic rings. The monoisotopic (exact) mass is 459 g/mol. The standard InChI is InChI=1S/C20H17N3O6S2/c1-29-16-10-12(2-7-15(16)24)11-17-19(26)22(20(30)31-17)9-8-18(25)21-13-3-5-14(6-4-13)23(27)28/h2-7,10-11,24H,8-9H2,1H3,(H,21,25)/b17-11-. The lowest BCUT2D eigenvalue weighted by molar-refractivity contribution is -0.384. The number of rotatable bonds is 7. The number of hydrogen-bond donors (Lipinski definition) is 2. The normalized spacial score (nSPS) is 14.7. The second kappa shape index (κ2) is 9.58. The summed E-state index contributed by atoms with van der Waals surface area (Å²) >= 11 is 6.39. The summed E-state index contributed by atoms with van der Waals surface area (Å²) in [4.78, 5) is 36.8. The Kier molecular flexibility index (Phi) is 6.88. The van der Waals surface area contributed by atoms with Gasteiger partial charge in [0, 0.05) is 30.8 Å². The first-order valence-electron chi connectivity index (χ1n) is 8.95. The second-order valence-electron chi connectivity index (χ2n) is 6.37. The van der Waals surface area contributed by atoms with Crippen LogP contribution in [0.25, 0.3) is 6.08 Å². The molecule has 9 nitrogen and oxygen atoms in total. The molecule has 0 unspecified atom stereocenters. The number of amides is 2. The van der Waals surface area contributed by atoms with Crippen molar-refractivity contribution in [1.82, 2.24) is 4.90 Å². The minimum atomic E-state index is -0.525. The molecule has 160 valence electrons. The lowest BCUT2D eigenvalue weighted by atomic mass is 10.2. The molecule has 0 saturated carbocycles. The molecule has 0 bridgehead atoms. The largest absolute Gasteiger partial charge is 0.504 e. The predicted octanol–water partition coefficient (Wildman–Crippen LogP) is 3.54. The van der Waals surface area contributed by atoms with Crippen molar-refractivity contribution in [2.75, 3.05) is 19.0 Å². The first-order valence-corrected chi connectivity index (χ1v) is 10.2. The van der Waals surface area contributed by atoms with E-state index in [1.165, 1.54) is 42.3 Å². The molecule has 1 heterocycles. The van der Waals surface area contributed by atoms with Gasteiger partial charge in [0.15, 0.2) is 11.5 Å². The van der Waals surface area contributed by atoms with E-state index < -0.39 is 4.92 Å². The van der Waals surface area contributed by atoms with Crippen LogP contribution in [0, 0.1) is 10.1 Å². The predicted molar refractivity (Wildman–Crippen MR) is 121 cm³/mol. The van der Waals surface area contributed by atoms with Crippen molar-refractivity contribution in [3.05, 3.63) is 63.0 Å². The molecule has 2 amide bonds. The number of nitro groups is 1.